The van der Waals surface area contributed by atoms with Gasteiger partial charge in [0.1, 0.15) is 0 Å². The minimum atomic E-state index is -3.14. The molecule has 1 rings (SSSR count). The van der Waals surface area contributed by atoms with Crippen LogP contribution in [0.5, 0.6) is 0 Å². The molecule has 0 heterocycles. The van der Waals surface area contributed by atoms with Crippen molar-refractivity contribution in [2.45, 2.75) is 31.3 Å². The van der Waals surface area contributed by atoms with Gasteiger partial charge in [-0.3, -0.25) is 0 Å². The fourth-order valence-electron chi connectivity index (χ4n) is 1.75. The third-order valence-electron chi connectivity index (χ3n) is 2.64. The Kier molecular flexibility index (Phi) is 4.40. The maximum absolute atomic E-state index is 11.7. The van der Waals surface area contributed by atoms with Crippen LogP contribution in [0.4, 0.5) is 5.69 Å². The van der Waals surface area contributed by atoms with Crippen LogP contribution in [-0.2, 0) is 9.84 Å². The van der Waals surface area contributed by atoms with Crippen LogP contribution in [-0.4, -0.2) is 38.5 Å². The van der Waals surface area contributed by atoms with Crippen molar-refractivity contribution in [2.75, 3.05) is 24.2 Å². The monoisotopic (exact) mass is 271 g/mol. The molecule has 0 saturated heterocycles. The van der Waals surface area contributed by atoms with E-state index in [1.54, 1.807) is 45.0 Å². The van der Waals surface area contributed by atoms with Crippen LogP contribution in [0, 0.1) is 0 Å². The Labute approximate surface area is 109 Å². The first-order valence-electron chi connectivity index (χ1n) is 5.92. The van der Waals surface area contributed by atoms with Crippen LogP contribution in [0.15, 0.2) is 29.2 Å². The summed E-state index contributed by atoms with van der Waals surface area (Å²) in [7, 11) is -1.28. The first-order chi connectivity index (χ1) is 8.15. The number of hydrogen-bond donors (Lipinski definition) is 1. The molecule has 1 aromatic rings. The summed E-state index contributed by atoms with van der Waals surface area (Å²) >= 11 is 0. The summed E-state index contributed by atoms with van der Waals surface area (Å²) in [6.45, 7) is 5.58. The molecule has 0 amide bonds. The molecule has 0 fully saturated rings. The van der Waals surface area contributed by atoms with Gasteiger partial charge in [-0.15, -0.1) is 0 Å². The molecule has 0 atom stereocenters. The van der Waals surface area contributed by atoms with Crippen molar-refractivity contribution in [3.05, 3.63) is 24.3 Å². The lowest BCUT2D eigenvalue weighted by Crippen LogP contribution is -2.36. The normalized spacial score (nSPS) is 12.5. The van der Waals surface area contributed by atoms with Crippen molar-refractivity contribution in [1.29, 1.82) is 0 Å². The lowest BCUT2D eigenvalue weighted by molar-refractivity contribution is 0.0886. The topological polar surface area (TPSA) is 57.6 Å². The molecular formula is C13H21NO3S. The highest BCUT2D eigenvalue weighted by Crippen LogP contribution is 2.19. The molecule has 0 unspecified atom stereocenters. The van der Waals surface area contributed by atoms with Crippen molar-refractivity contribution in [3.8, 4) is 0 Å². The number of rotatable bonds is 5. The van der Waals surface area contributed by atoms with Crippen LogP contribution in [0.25, 0.3) is 0 Å². The van der Waals surface area contributed by atoms with Gasteiger partial charge in [0.25, 0.3) is 0 Å². The van der Waals surface area contributed by atoms with Gasteiger partial charge in [-0.2, -0.15) is 0 Å². The van der Waals surface area contributed by atoms with Gasteiger partial charge < -0.3 is 10.0 Å². The van der Waals surface area contributed by atoms with E-state index in [4.69, 9.17) is 0 Å². The molecule has 0 aliphatic rings. The van der Waals surface area contributed by atoms with Crippen LogP contribution in [0.2, 0.25) is 0 Å². The van der Waals surface area contributed by atoms with Crippen molar-refractivity contribution >= 4 is 15.5 Å². The molecule has 0 radical (unpaired) electrons. The van der Waals surface area contributed by atoms with E-state index in [0.717, 1.165) is 5.69 Å². The number of aliphatic hydroxyl groups is 1. The van der Waals surface area contributed by atoms with Gasteiger partial charge in [-0.25, -0.2) is 8.42 Å². The lowest BCUT2D eigenvalue weighted by Gasteiger charge is -2.27. The summed E-state index contributed by atoms with van der Waals surface area (Å²) in [6, 6.07) is 6.73. The number of hydrogen-bond acceptors (Lipinski definition) is 4. The average molecular weight is 271 g/mol. The van der Waals surface area contributed by atoms with E-state index in [1.165, 1.54) is 0 Å². The van der Waals surface area contributed by atoms with Crippen molar-refractivity contribution in [2.24, 2.45) is 0 Å². The number of likely N-dealkylation sites (N-methyl/N-ethyl adjacent to an activating group) is 1. The molecule has 18 heavy (non-hydrogen) atoms. The summed E-state index contributed by atoms with van der Waals surface area (Å²) in [5.41, 5.74) is 0.0929. The minimum Gasteiger partial charge on any atom is -0.389 e. The van der Waals surface area contributed by atoms with Gasteiger partial charge in [0.05, 0.1) is 16.2 Å². The summed E-state index contributed by atoms with van der Waals surface area (Å²) in [4.78, 5) is 2.23. The van der Waals surface area contributed by atoms with Crippen molar-refractivity contribution < 1.29 is 13.5 Å². The number of benzene rings is 1. The molecule has 0 aromatic heterocycles. The second kappa shape index (κ2) is 5.28. The Morgan fingerprint density at radius 3 is 2.11 bits per heavy atom. The van der Waals surface area contributed by atoms with E-state index in [1.807, 2.05) is 11.9 Å². The van der Waals surface area contributed by atoms with E-state index >= 15 is 0 Å². The van der Waals surface area contributed by atoms with E-state index < -0.39 is 15.4 Å². The maximum atomic E-state index is 11.7. The zero-order valence-electron chi connectivity index (χ0n) is 11.3. The second-order valence-corrected chi connectivity index (χ2v) is 7.34. The van der Waals surface area contributed by atoms with E-state index in [9.17, 15) is 13.5 Å². The highest BCUT2D eigenvalue weighted by molar-refractivity contribution is 7.91. The van der Waals surface area contributed by atoms with E-state index in [-0.39, 0.29) is 5.75 Å². The molecule has 0 spiro atoms. The third-order valence-corrected chi connectivity index (χ3v) is 4.39. The summed E-state index contributed by atoms with van der Waals surface area (Å²) in [5.74, 6) is 0.103. The predicted octanol–water partition coefficient (Wildman–Crippen LogP) is 1.69. The summed E-state index contributed by atoms with van der Waals surface area (Å²) in [5, 5.41) is 9.73. The standard InChI is InChI=1S/C13H21NO3S/c1-5-18(16,17)12-8-6-11(7-9-12)14(4)10-13(2,3)15/h6-9,15H,5,10H2,1-4H3. The average Bonchev–Trinajstić information content (AvgIpc) is 2.27. The Hall–Kier alpha value is -1.07. The van der Waals surface area contributed by atoms with E-state index in [2.05, 4.69) is 0 Å². The van der Waals surface area contributed by atoms with Gasteiger partial charge in [0.2, 0.25) is 0 Å². The van der Waals surface area contributed by atoms with Crippen molar-refractivity contribution in [1.82, 2.24) is 0 Å². The molecule has 1 N–H and O–H groups in total. The summed E-state index contributed by atoms with van der Waals surface area (Å²) < 4.78 is 23.3. The highest BCUT2D eigenvalue weighted by Gasteiger charge is 2.17. The lowest BCUT2D eigenvalue weighted by atomic mass is 10.1. The van der Waals surface area contributed by atoms with Gasteiger partial charge >= 0.3 is 0 Å². The van der Waals surface area contributed by atoms with Gasteiger partial charge in [-0.05, 0) is 38.1 Å². The van der Waals surface area contributed by atoms with Crippen LogP contribution in [0.3, 0.4) is 0 Å². The quantitative estimate of drug-likeness (QED) is 0.885. The largest absolute Gasteiger partial charge is 0.389 e. The predicted molar refractivity (Wildman–Crippen MR) is 73.7 cm³/mol. The molecule has 0 bridgehead atoms. The molecule has 0 aliphatic heterocycles. The highest BCUT2D eigenvalue weighted by atomic mass is 32.2. The Bertz CT molecular complexity index is 486. The zero-order valence-corrected chi connectivity index (χ0v) is 12.2. The summed E-state index contributed by atoms with van der Waals surface area (Å²) in [6.07, 6.45) is 0. The van der Waals surface area contributed by atoms with Crippen LogP contribution in [0.1, 0.15) is 20.8 Å². The number of nitrogens with zero attached hydrogens (tertiary/aromatic N) is 1. The number of anilines is 1. The SMILES string of the molecule is CCS(=O)(=O)c1ccc(N(C)CC(C)(C)O)cc1. The Morgan fingerprint density at radius 2 is 1.72 bits per heavy atom. The molecule has 5 heteroatoms. The maximum Gasteiger partial charge on any atom is 0.178 e. The fourth-order valence-corrected chi connectivity index (χ4v) is 2.63. The zero-order chi connectivity index (χ0) is 14.0. The van der Waals surface area contributed by atoms with Gasteiger partial charge in [-0.1, -0.05) is 6.92 Å². The first kappa shape index (κ1) is 15.0. The second-order valence-electron chi connectivity index (χ2n) is 5.07. The molecule has 0 saturated carbocycles. The third kappa shape index (κ3) is 3.99. The fraction of sp³-hybridized carbons (Fsp3) is 0.538. The first-order valence-corrected chi connectivity index (χ1v) is 7.57. The molecule has 0 aliphatic carbocycles. The smallest absolute Gasteiger partial charge is 0.178 e. The van der Waals surface area contributed by atoms with Crippen LogP contribution < -0.4 is 4.90 Å². The van der Waals surface area contributed by atoms with E-state index in [0.29, 0.717) is 11.4 Å². The Balaban J connectivity index is 2.90. The Morgan fingerprint density at radius 1 is 1.22 bits per heavy atom. The molecule has 4 nitrogen and oxygen atoms in total. The molecule has 1 aromatic carbocycles. The van der Waals surface area contributed by atoms with Crippen LogP contribution >= 0.6 is 0 Å². The van der Waals surface area contributed by atoms with Gasteiger partial charge in [0.15, 0.2) is 9.84 Å². The molecular weight excluding hydrogens is 250 g/mol. The molecule has 102 valence electrons. The number of sulfone groups is 1. The minimum absolute atomic E-state index is 0.103. The van der Waals surface area contributed by atoms with Gasteiger partial charge in [0, 0.05) is 19.3 Å². The van der Waals surface area contributed by atoms with Crippen molar-refractivity contribution in [3.63, 3.8) is 0 Å².